The summed E-state index contributed by atoms with van der Waals surface area (Å²) in [6.07, 6.45) is 3.80. The van der Waals surface area contributed by atoms with Crippen LogP contribution in [0.1, 0.15) is 62.3 Å². The zero-order chi connectivity index (χ0) is 18.8. The molecule has 1 saturated heterocycles. The molecule has 5 heteroatoms. The fraction of sp³-hybridized carbons (Fsp3) is 0.667. The number of amides is 1. The highest BCUT2D eigenvalue weighted by Crippen LogP contribution is 2.29. The van der Waals surface area contributed by atoms with Gasteiger partial charge < -0.3 is 10.0 Å². The van der Waals surface area contributed by atoms with Crippen molar-refractivity contribution in [3.63, 3.8) is 0 Å². The summed E-state index contributed by atoms with van der Waals surface area (Å²) in [7, 11) is 0. The first-order valence-corrected chi connectivity index (χ1v) is 9.87. The van der Waals surface area contributed by atoms with E-state index in [2.05, 4.69) is 11.8 Å². The Labute approximate surface area is 156 Å². The molecule has 1 amide bonds. The summed E-state index contributed by atoms with van der Waals surface area (Å²) in [5, 5.41) is 9.89. The maximum Gasteiger partial charge on any atom is 0.226 e. The molecule has 26 heavy (non-hydrogen) atoms. The van der Waals surface area contributed by atoms with Crippen molar-refractivity contribution in [2.24, 2.45) is 5.92 Å². The van der Waals surface area contributed by atoms with E-state index in [0.29, 0.717) is 24.6 Å². The lowest BCUT2D eigenvalue weighted by atomic mass is 9.97. The average molecular weight is 362 g/mol. The number of carbonyl (C=O) groups excluding carboxylic acids is 1. The Morgan fingerprint density at radius 3 is 2.62 bits per heavy atom. The second kappa shape index (κ2) is 8.05. The van der Waals surface area contributed by atoms with E-state index < -0.39 is 6.10 Å². The molecule has 0 bridgehead atoms. The number of nitrogens with zero attached hydrogens (tertiary/aromatic N) is 2. The fourth-order valence-electron chi connectivity index (χ4n) is 4.52. The van der Waals surface area contributed by atoms with Crippen LogP contribution in [0.25, 0.3) is 0 Å². The van der Waals surface area contributed by atoms with Crippen molar-refractivity contribution in [3.05, 3.63) is 34.6 Å². The van der Waals surface area contributed by atoms with Gasteiger partial charge in [-0.2, -0.15) is 0 Å². The van der Waals surface area contributed by atoms with Crippen molar-refractivity contribution < 1.29 is 14.3 Å². The lowest BCUT2D eigenvalue weighted by molar-refractivity contribution is -0.140. The van der Waals surface area contributed by atoms with E-state index in [1.807, 2.05) is 11.8 Å². The number of carbonyl (C=O) groups is 1. The van der Waals surface area contributed by atoms with Gasteiger partial charge in [-0.25, -0.2) is 4.39 Å². The van der Waals surface area contributed by atoms with Crippen molar-refractivity contribution in [3.8, 4) is 0 Å². The molecule has 4 nitrogen and oxygen atoms in total. The lowest BCUT2D eigenvalue weighted by Crippen LogP contribution is -2.54. The maximum absolute atomic E-state index is 14.4. The third kappa shape index (κ3) is 3.94. The fourth-order valence-corrected chi connectivity index (χ4v) is 4.52. The third-order valence-corrected chi connectivity index (χ3v) is 6.11. The molecule has 2 atom stereocenters. The smallest absolute Gasteiger partial charge is 0.226 e. The van der Waals surface area contributed by atoms with Crippen LogP contribution in [0.5, 0.6) is 0 Å². The highest BCUT2D eigenvalue weighted by Gasteiger charge is 2.33. The van der Waals surface area contributed by atoms with E-state index in [1.54, 1.807) is 13.0 Å². The normalized spacial score (nSPS) is 23.4. The number of hydrogen-bond donors (Lipinski definition) is 1. The number of rotatable bonds is 4. The van der Waals surface area contributed by atoms with Gasteiger partial charge in [0.2, 0.25) is 5.91 Å². The van der Waals surface area contributed by atoms with Crippen LogP contribution in [0, 0.1) is 18.7 Å². The summed E-state index contributed by atoms with van der Waals surface area (Å²) in [4.78, 5) is 17.0. The van der Waals surface area contributed by atoms with Crippen molar-refractivity contribution in [1.29, 1.82) is 0 Å². The Hall–Kier alpha value is -1.46. The molecule has 1 aromatic carbocycles. The molecule has 0 aromatic heterocycles. The maximum atomic E-state index is 14.4. The number of halogens is 1. The molecule has 1 aliphatic heterocycles. The lowest BCUT2D eigenvalue weighted by Gasteiger charge is -2.41. The zero-order valence-electron chi connectivity index (χ0n) is 16.2. The van der Waals surface area contributed by atoms with Gasteiger partial charge in [-0.05, 0) is 50.8 Å². The van der Waals surface area contributed by atoms with Crippen molar-refractivity contribution >= 4 is 5.91 Å². The predicted molar refractivity (Wildman–Crippen MR) is 100 cm³/mol. The van der Waals surface area contributed by atoms with Gasteiger partial charge in [0.05, 0.1) is 6.10 Å². The average Bonchev–Trinajstić information content (AvgIpc) is 3.12. The second-order valence-electron chi connectivity index (χ2n) is 8.01. The Morgan fingerprint density at radius 2 is 2.00 bits per heavy atom. The number of aliphatic hydroxyl groups is 1. The minimum absolute atomic E-state index is 0.153. The SMILES string of the molecule is Cc1c(C(C)O)ccc(F)c1CN1CCN(C(=O)C2CCCC2)[C@@H](C)C1. The van der Waals surface area contributed by atoms with Gasteiger partial charge in [0.15, 0.2) is 0 Å². The highest BCUT2D eigenvalue weighted by molar-refractivity contribution is 5.79. The van der Waals surface area contributed by atoms with Crippen LogP contribution in [0.3, 0.4) is 0 Å². The Bertz CT molecular complexity index is 656. The summed E-state index contributed by atoms with van der Waals surface area (Å²) >= 11 is 0. The molecule has 1 aliphatic carbocycles. The molecule has 1 heterocycles. The first-order valence-electron chi connectivity index (χ1n) is 9.87. The summed E-state index contributed by atoms with van der Waals surface area (Å²) < 4.78 is 14.4. The molecule has 2 fully saturated rings. The number of piperazine rings is 1. The summed E-state index contributed by atoms with van der Waals surface area (Å²) in [6.45, 7) is 8.44. The predicted octanol–water partition coefficient (Wildman–Crippen LogP) is 3.41. The van der Waals surface area contributed by atoms with E-state index in [0.717, 1.165) is 37.1 Å². The number of aliphatic hydroxyl groups excluding tert-OH is 1. The Morgan fingerprint density at radius 1 is 1.31 bits per heavy atom. The Kier molecular flexibility index (Phi) is 5.98. The van der Waals surface area contributed by atoms with Crippen LogP contribution in [-0.4, -0.2) is 46.5 Å². The largest absolute Gasteiger partial charge is 0.389 e. The van der Waals surface area contributed by atoms with Gasteiger partial charge in [0.25, 0.3) is 0 Å². The summed E-state index contributed by atoms with van der Waals surface area (Å²) in [5.74, 6) is 0.309. The van der Waals surface area contributed by atoms with Gasteiger partial charge in [0.1, 0.15) is 5.82 Å². The topological polar surface area (TPSA) is 43.8 Å². The van der Waals surface area contributed by atoms with Crippen LogP contribution in [0.2, 0.25) is 0 Å². The van der Waals surface area contributed by atoms with Crippen LogP contribution in [0.4, 0.5) is 4.39 Å². The minimum atomic E-state index is -0.603. The molecule has 1 saturated carbocycles. The first kappa shape index (κ1) is 19.3. The second-order valence-corrected chi connectivity index (χ2v) is 8.01. The highest BCUT2D eigenvalue weighted by atomic mass is 19.1. The molecule has 0 radical (unpaired) electrons. The van der Waals surface area contributed by atoms with Crippen molar-refractivity contribution in [2.45, 2.75) is 65.1 Å². The van der Waals surface area contributed by atoms with Crippen LogP contribution < -0.4 is 0 Å². The van der Waals surface area contributed by atoms with E-state index in [4.69, 9.17) is 0 Å². The van der Waals surface area contributed by atoms with E-state index >= 15 is 0 Å². The molecule has 2 aliphatic rings. The Balaban J connectivity index is 1.66. The minimum Gasteiger partial charge on any atom is -0.389 e. The molecule has 1 aromatic rings. The standard InChI is InChI=1S/C21H31FN2O2/c1-14-12-23(10-11-24(14)21(26)17-6-4-5-7-17)13-19-15(2)18(16(3)25)8-9-20(19)22/h8-9,14,16-17,25H,4-7,10-13H2,1-3H3/t14-,16?/m0/s1. The van der Waals surface area contributed by atoms with Crippen LogP contribution >= 0.6 is 0 Å². The quantitative estimate of drug-likeness (QED) is 0.893. The van der Waals surface area contributed by atoms with E-state index in [1.165, 1.54) is 18.9 Å². The number of benzene rings is 1. The van der Waals surface area contributed by atoms with Gasteiger partial charge >= 0.3 is 0 Å². The first-order chi connectivity index (χ1) is 12.4. The molecular weight excluding hydrogens is 331 g/mol. The van der Waals surface area contributed by atoms with E-state index in [9.17, 15) is 14.3 Å². The molecule has 0 spiro atoms. The van der Waals surface area contributed by atoms with Crippen molar-refractivity contribution in [2.75, 3.05) is 19.6 Å². The molecule has 3 rings (SSSR count). The molecular formula is C21H31FN2O2. The molecule has 144 valence electrons. The third-order valence-electron chi connectivity index (χ3n) is 6.11. The molecule has 1 N–H and O–H groups in total. The van der Waals surface area contributed by atoms with Crippen LogP contribution in [-0.2, 0) is 11.3 Å². The summed E-state index contributed by atoms with van der Waals surface area (Å²) in [6, 6.07) is 3.27. The molecule has 1 unspecified atom stereocenters. The van der Waals surface area contributed by atoms with Gasteiger partial charge in [0, 0.05) is 43.7 Å². The number of hydrogen-bond acceptors (Lipinski definition) is 3. The van der Waals surface area contributed by atoms with Crippen LogP contribution in [0.15, 0.2) is 12.1 Å². The van der Waals surface area contributed by atoms with E-state index in [-0.39, 0.29) is 17.8 Å². The van der Waals surface area contributed by atoms with Gasteiger partial charge in [-0.3, -0.25) is 9.69 Å². The zero-order valence-corrected chi connectivity index (χ0v) is 16.2. The summed E-state index contributed by atoms with van der Waals surface area (Å²) in [5.41, 5.74) is 2.27. The van der Waals surface area contributed by atoms with Gasteiger partial charge in [-0.1, -0.05) is 18.9 Å². The van der Waals surface area contributed by atoms with Crippen molar-refractivity contribution in [1.82, 2.24) is 9.80 Å². The monoisotopic (exact) mass is 362 g/mol. The van der Waals surface area contributed by atoms with Gasteiger partial charge in [-0.15, -0.1) is 0 Å².